The van der Waals surface area contributed by atoms with Crippen molar-refractivity contribution in [2.45, 2.75) is 11.8 Å². The van der Waals surface area contributed by atoms with Gasteiger partial charge >= 0.3 is 0 Å². The van der Waals surface area contributed by atoms with E-state index in [9.17, 15) is 8.42 Å². The second-order valence-corrected chi connectivity index (χ2v) is 6.11. The van der Waals surface area contributed by atoms with Crippen LogP contribution >= 0.6 is 0 Å². The highest BCUT2D eigenvalue weighted by Gasteiger charge is 2.20. The van der Waals surface area contributed by atoms with Gasteiger partial charge in [-0.3, -0.25) is 4.72 Å². The Morgan fingerprint density at radius 2 is 1.62 bits per heavy atom. The average molecular weight is 307 g/mol. The highest BCUT2D eigenvalue weighted by atomic mass is 32.2. The molecule has 2 aromatic carbocycles. The van der Waals surface area contributed by atoms with Gasteiger partial charge in [-0.05, 0) is 36.8 Å². The van der Waals surface area contributed by atoms with E-state index < -0.39 is 10.0 Å². The molecule has 5 nitrogen and oxygen atoms in total. The second-order valence-electron chi connectivity index (χ2n) is 4.46. The number of anilines is 1. The number of aryl methyl sites for hydroxylation is 1. The van der Waals surface area contributed by atoms with Gasteiger partial charge < -0.3 is 9.47 Å². The maximum absolute atomic E-state index is 12.5. The molecule has 0 unspecified atom stereocenters. The molecular formula is C15H17NO4S. The van der Waals surface area contributed by atoms with Gasteiger partial charge in [0.15, 0.2) is 0 Å². The van der Waals surface area contributed by atoms with Crippen LogP contribution in [0.25, 0.3) is 0 Å². The molecule has 21 heavy (non-hydrogen) atoms. The van der Waals surface area contributed by atoms with Crippen LogP contribution < -0.4 is 14.2 Å². The molecule has 0 saturated carbocycles. The molecular weight excluding hydrogens is 290 g/mol. The minimum atomic E-state index is -3.76. The summed E-state index contributed by atoms with van der Waals surface area (Å²) in [4.78, 5) is 0.0847. The van der Waals surface area contributed by atoms with Crippen LogP contribution in [0, 0.1) is 6.92 Å². The van der Waals surface area contributed by atoms with Gasteiger partial charge in [0, 0.05) is 0 Å². The van der Waals surface area contributed by atoms with E-state index in [0.717, 1.165) is 5.56 Å². The molecule has 0 heterocycles. The molecule has 0 spiro atoms. The van der Waals surface area contributed by atoms with Crippen LogP contribution in [-0.2, 0) is 10.0 Å². The Balaban J connectivity index is 2.43. The largest absolute Gasteiger partial charge is 0.495 e. The standard InChI is InChI=1S/C15H17NO4S/c1-11-8-9-15(14(10-11)20-3)21(17,18)16-12-6-4-5-7-13(12)19-2/h4-10,16H,1-3H3. The molecule has 0 aromatic heterocycles. The van der Waals surface area contributed by atoms with Crippen molar-refractivity contribution in [3.8, 4) is 11.5 Å². The molecule has 0 amide bonds. The van der Waals surface area contributed by atoms with Crippen LogP contribution in [0.15, 0.2) is 47.4 Å². The van der Waals surface area contributed by atoms with Crippen LogP contribution in [0.4, 0.5) is 5.69 Å². The molecule has 0 aliphatic rings. The quantitative estimate of drug-likeness (QED) is 0.922. The maximum Gasteiger partial charge on any atom is 0.265 e. The van der Waals surface area contributed by atoms with Gasteiger partial charge in [0.05, 0.1) is 19.9 Å². The Kier molecular flexibility index (Phi) is 4.37. The van der Waals surface area contributed by atoms with Crippen LogP contribution in [0.5, 0.6) is 11.5 Å². The van der Waals surface area contributed by atoms with E-state index in [-0.39, 0.29) is 4.90 Å². The third-order valence-electron chi connectivity index (χ3n) is 2.96. The van der Waals surface area contributed by atoms with Gasteiger partial charge in [-0.15, -0.1) is 0 Å². The van der Waals surface area contributed by atoms with Crippen LogP contribution in [-0.4, -0.2) is 22.6 Å². The van der Waals surface area contributed by atoms with E-state index in [1.54, 1.807) is 36.4 Å². The van der Waals surface area contributed by atoms with Crippen molar-refractivity contribution >= 4 is 15.7 Å². The minimum Gasteiger partial charge on any atom is -0.495 e. The van der Waals surface area contributed by atoms with E-state index >= 15 is 0 Å². The molecule has 0 radical (unpaired) electrons. The van der Waals surface area contributed by atoms with E-state index in [1.165, 1.54) is 20.3 Å². The Labute approximate surface area is 124 Å². The predicted molar refractivity (Wildman–Crippen MR) is 81.5 cm³/mol. The molecule has 0 aliphatic heterocycles. The normalized spacial score (nSPS) is 11.0. The topological polar surface area (TPSA) is 64.6 Å². The molecule has 0 bridgehead atoms. The monoisotopic (exact) mass is 307 g/mol. The van der Waals surface area contributed by atoms with Crippen molar-refractivity contribution in [1.29, 1.82) is 0 Å². The molecule has 6 heteroatoms. The van der Waals surface area contributed by atoms with E-state index in [4.69, 9.17) is 9.47 Å². The highest BCUT2D eigenvalue weighted by molar-refractivity contribution is 7.92. The van der Waals surface area contributed by atoms with Gasteiger partial charge in [0.25, 0.3) is 10.0 Å². The van der Waals surface area contributed by atoms with Crippen molar-refractivity contribution in [3.63, 3.8) is 0 Å². The summed E-state index contributed by atoms with van der Waals surface area (Å²) in [6, 6.07) is 11.7. The maximum atomic E-state index is 12.5. The molecule has 2 aromatic rings. The molecule has 0 atom stereocenters. The Bertz CT molecular complexity index is 741. The summed E-state index contributed by atoms with van der Waals surface area (Å²) in [5.41, 5.74) is 1.30. The summed E-state index contributed by atoms with van der Waals surface area (Å²) >= 11 is 0. The SMILES string of the molecule is COc1ccccc1NS(=O)(=O)c1ccc(C)cc1OC. The molecule has 2 rings (SSSR count). The fourth-order valence-corrected chi connectivity index (χ4v) is 3.15. The van der Waals surface area contributed by atoms with Gasteiger partial charge in [0.1, 0.15) is 16.4 Å². The first-order valence-electron chi connectivity index (χ1n) is 6.28. The lowest BCUT2D eigenvalue weighted by Crippen LogP contribution is -2.14. The Morgan fingerprint density at radius 1 is 0.952 bits per heavy atom. The Morgan fingerprint density at radius 3 is 2.29 bits per heavy atom. The number of benzene rings is 2. The lowest BCUT2D eigenvalue weighted by atomic mass is 10.2. The smallest absolute Gasteiger partial charge is 0.265 e. The van der Waals surface area contributed by atoms with E-state index in [0.29, 0.717) is 17.2 Å². The van der Waals surface area contributed by atoms with Gasteiger partial charge in [-0.25, -0.2) is 8.42 Å². The number of ether oxygens (including phenoxy) is 2. The zero-order valence-corrected chi connectivity index (χ0v) is 12.9. The summed E-state index contributed by atoms with van der Waals surface area (Å²) in [6.07, 6.45) is 0. The van der Waals surface area contributed by atoms with Gasteiger partial charge in [0.2, 0.25) is 0 Å². The molecule has 0 aliphatic carbocycles. The first-order valence-corrected chi connectivity index (χ1v) is 7.76. The van der Waals surface area contributed by atoms with Crippen molar-refractivity contribution < 1.29 is 17.9 Å². The number of methoxy groups -OCH3 is 2. The van der Waals surface area contributed by atoms with Crippen molar-refractivity contribution in [2.75, 3.05) is 18.9 Å². The molecule has 0 saturated heterocycles. The molecule has 0 fully saturated rings. The first-order chi connectivity index (χ1) is 9.97. The third kappa shape index (κ3) is 3.28. The summed E-state index contributed by atoms with van der Waals surface area (Å²) in [5.74, 6) is 0.754. The number of para-hydroxylation sites is 2. The third-order valence-corrected chi connectivity index (χ3v) is 4.36. The Hall–Kier alpha value is -2.21. The fraction of sp³-hybridized carbons (Fsp3) is 0.200. The number of rotatable bonds is 5. The van der Waals surface area contributed by atoms with Crippen LogP contribution in [0.1, 0.15) is 5.56 Å². The molecule has 112 valence electrons. The fourth-order valence-electron chi connectivity index (χ4n) is 1.93. The molecule has 1 N–H and O–H groups in total. The van der Waals surface area contributed by atoms with Crippen molar-refractivity contribution in [1.82, 2.24) is 0 Å². The zero-order chi connectivity index (χ0) is 15.5. The summed E-state index contributed by atoms with van der Waals surface area (Å²) in [5, 5.41) is 0. The van der Waals surface area contributed by atoms with E-state index in [2.05, 4.69) is 4.72 Å². The second kappa shape index (κ2) is 6.05. The number of sulfonamides is 1. The van der Waals surface area contributed by atoms with E-state index in [1.807, 2.05) is 6.92 Å². The summed E-state index contributed by atoms with van der Waals surface area (Å²) in [6.45, 7) is 1.87. The highest BCUT2D eigenvalue weighted by Crippen LogP contribution is 2.30. The number of hydrogen-bond donors (Lipinski definition) is 1. The van der Waals surface area contributed by atoms with Crippen LogP contribution in [0.3, 0.4) is 0 Å². The number of hydrogen-bond acceptors (Lipinski definition) is 4. The van der Waals surface area contributed by atoms with Crippen LogP contribution in [0.2, 0.25) is 0 Å². The number of nitrogens with one attached hydrogen (secondary N) is 1. The average Bonchev–Trinajstić information content (AvgIpc) is 2.47. The zero-order valence-electron chi connectivity index (χ0n) is 12.1. The lowest BCUT2D eigenvalue weighted by Gasteiger charge is -2.14. The van der Waals surface area contributed by atoms with Gasteiger partial charge in [-0.2, -0.15) is 0 Å². The van der Waals surface area contributed by atoms with Gasteiger partial charge in [-0.1, -0.05) is 18.2 Å². The van der Waals surface area contributed by atoms with Crippen molar-refractivity contribution in [2.24, 2.45) is 0 Å². The predicted octanol–water partition coefficient (Wildman–Crippen LogP) is 2.81. The minimum absolute atomic E-state index is 0.0847. The first kappa shape index (κ1) is 15.2. The summed E-state index contributed by atoms with van der Waals surface area (Å²) in [7, 11) is -0.833. The van der Waals surface area contributed by atoms with Crippen molar-refractivity contribution in [3.05, 3.63) is 48.0 Å². The summed E-state index contributed by atoms with van der Waals surface area (Å²) < 4.78 is 37.8. The lowest BCUT2D eigenvalue weighted by molar-refractivity contribution is 0.402.